The Morgan fingerprint density at radius 3 is 2.74 bits per heavy atom. The number of carbonyl (C=O) groups is 1. The quantitative estimate of drug-likeness (QED) is 0.669. The molecule has 0 amide bonds. The van der Waals surface area contributed by atoms with E-state index in [-0.39, 0.29) is 5.97 Å². The lowest BCUT2D eigenvalue weighted by atomic mass is 9.73. The van der Waals surface area contributed by atoms with Gasteiger partial charge in [0.15, 0.2) is 0 Å². The van der Waals surface area contributed by atoms with Gasteiger partial charge in [-0.15, -0.1) is 0 Å². The highest BCUT2D eigenvalue weighted by Gasteiger charge is 2.49. The number of benzene rings is 2. The summed E-state index contributed by atoms with van der Waals surface area (Å²) in [5.74, 6) is 0.551. The molecule has 0 fully saturated rings. The Morgan fingerprint density at radius 2 is 1.93 bits per heavy atom. The van der Waals surface area contributed by atoms with Crippen LogP contribution in [0.2, 0.25) is 0 Å². The monoisotopic (exact) mass is 362 g/mol. The topological polar surface area (TPSA) is 62.6 Å². The summed E-state index contributed by atoms with van der Waals surface area (Å²) in [6.07, 6.45) is 2.81. The van der Waals surface area contributed by atoms with Crippen LogP contribution in [0.25, 0.3) is 22.4 Å². The molecule has 0 spiro atoms. The summed E-state index contributed by atoms with van der Waals surface area (Å²) in [7, 11) is 1.42. The molecular formula is C21H18N2O4. The van der Waals surface area contributed by atoms with Crippen molar-refractivity contribution in [1.29, 1.82) is 0 Å². The van der Waals surface area contributed by atoms with Gasteiger partial charge in [0.05, 0.1) is 18.1 Å². The van der Waals surface area contributed by atoms with Crippen LogP contribution >= 0.6 is 0 Å². The van der Waals surface area contributed by atoms with E-state index < -0.39 is 11.7 Å². The standard InChI is InChI=1S/C21H18N2O4/c1-25-20(24)21(12-18-26-10-11-27-18)13-23-17-9-5-4-8-16(17)22-19(23)14-6-2-3-7-15(14)21/h2-11,18H,12-13H2,1H3. The summed E-state index contributed by atoms with van der Waals surface area (Å²) >= 11 is 0. The molecule has 0 saturated heterocycles. The van der Waals surface area contributed by atoms with E-state index in [0.29, 0.717) is 13.0 Å². The van der Waals surface area contributed by atoms with Crippen LogP contribution in [0.15, 0.2) is 61.1 Å². The zero-order chi connectivity index (χ0) is 18.4. The minimum atomic E-state index is -0.932. The van der Waals surface area contributed by atoms with E-state index in [1.54, 1.807) is 0 Å². The van der Waals surface area contributed by atoms with Gasteiger partial charge in [-0.1, -0.05) is 36.4 Å². The van der Waals surface area contributed by atoms with Gasteiger partial charge in [-0.05, 0) is 17.7 Å². The van der Waals surface area contributed by atoms with Gasteiger partial charge in [0.1, 0.15) is 23.8 Å². The van der Waals surface area contributed by atoms with Gasteiger partial charge >= 0.3 is 5.97 Å². The number of ether oxygens (including phenoxy) is 3. The van der Waals surface area contributed by atoms with Crippen molar-refractivity contribution in [2.75, 3.05) is 7.11 Å². The van der Waals surface area contributed by atoms with E-state index in [1.807, 2.05) is 48.5 Å². The fourth-order valence-electron chi connectivity index (χ4n) is 4.17. The van der Waals surface area contributed by atoms with Gasteiger partial charge in [-0.2, -0.15) is 0 Å². The third-order valence-corrected chi connectivity index (χ3v) is 5.37. The Bertz CT molecular complexity index is 1060. The molecule has 2 aromatic carbocycles. The molecule has 3 heterocycles. The molecule has 0 aliphatic carbocycles. The predicted octanol–water partition coefficient (Wildman–Crippen LogP) is 3.36. The van der Waals surface area contributed by atoms with Gasteiger partial charge in [0, 0.05) is 18.5 Å². The molecule has 2 aliphatic rings. The largest absolute Gasteiger partial charge is 0.468 e. The highest BCUT2D eigenvalue weighted by Crippen LogP contribution is 2.45. The molecule has 6 heteroatoms. The summed E-state index contributed by atoms with van der Waals surface area (Å²) in [4.78, 5) is 17.9. The Hall–Kier alpha value is -3.28. The number of methoxy groups -OCH3 is 1. The first kappa shape index (κ1) is 15.9. The lowest BCUT2D eigenvalue weighted by Gasteiger charge is -2.38. The third-order valence-electron chi connectivity index (χ3n) is 5.37. The van der Waals surface area contributed by atoms with E-state index in [1.165, 1.54) is 19.6 Å². The molecular weight excluding hydrogens is 344 g/mol. The lowest BCUT2D eigenvalue weighted by Crippen LogP contribution is -2.46. The molecule has 136 valence electrons. The molecule has 27 heavy (non-hydrogen) atoms. The van der Waals surface area contributed by atoms with Crippen LogP contribution in [-0.2, 0) is 31.0 Å². The zero-order valence-corrected chi connectivity index (χ0v) is 14.8. The minimum absolute atomic E-state index is 0.308. The number of fused-ring (bicyclic) bond motifs is 5. The predicted molar refractivity (Wildman–Crippen MR) is 98.6 cm³/mol. The number of hydrogen-bond donors (Lipinski definition) is 0. The van der Waals surface area contributed by atoms with E-state index >= 15 is 0 Å². The highest BCUT2D eigenvalue weighted by molar-refractivity contribution is 5.90. The molecule has 0 saturated carbocycles. The van der Waals surface area contributed by atoms with Crippen LogP contribution in [0, 0.1) is 0 Å². The maximum Gasteiger partial charge on any atom is 0.318 e. The molecule has 0 N–H and O–H groups in total. The average Bonchev–Trinajstić information content (AvgIpc) is 3.35. The number of carbonyl (C=O) groups excluding carboxylic acids is 1. The third kappa shape index (κ3) is 2.26. The lowest BCUT2D eigenvalue weighted by molar-refractivity contribution is -0.152. The number of hydrogen-bond acceptors (Lipinski definition) is 5. The molecule has 1 unspecified atom stereocenters. The van der Waals surface area contributed by atoms with Crippen LogP contribution in [0.3, 0.4) is 0 Å². The van der Waals surface area contributed by atoms with Crippen molar-refractivity contribution >= 4 is 17.0 Å². The van der Waals surface area contributed by atoms with Crippen LogP contribution in [0.4, 0.5) is 0 Å². The van der Waals surface area contributed by atoms with E-state index in [2.05, 4.69) is 4.57 Å². The molecule has 2 aliphatic heterocycles. The number of rotatable bonds is 3. The molecule has 1 aromatic heterocycles. The Kier molecular flexibility index (Phi) is 3.47. The molecule has 5 rings (SSSR count). The number of para-hydroxylation sites is 2. The first-order valence-corrected chi connectivity index (χ1v) is 8.82. The van der Waals surface area contributed by atoms with Gasteiger partial charge in [-0.3, -0.25) is 4.79 Å². The van der Waals surface area contributed by atoms with Crippen molar-refractivity contribution in [1.82, 2.24) is 9.55 Å². The molecule has 0 bridgehead atoms. The Balaban J connectivity index is 1.75. The summed E-state index contributed by atoms with van der Waals surface area (Å²) in [5.41, 5.74) is 2.77. The molecule has 0 radical (unpaired) electrons. The number of imidazole rings is 1. The maximum absolute atomic E-state index is 13.1. The smallest absolute Gasteiger partial charge is 0.318 e. The van der Waals surface area contributed by atoms with E-state index in [0.717, 1.165) is 28.0 Å². The van der Waals surface area contributed by atoms with Crippen molar-refractivity contribution in [2.45, 2.75) is 24.7 Å². The fraction of sp³-hybridized carbons (Fsp3) is 0.238. The van der Waals surface area contributed by atoms with Crippen molar-refractivity contribution in [3.05, 3.63) is 66.6 Å². The van der Waals surface area contributed by atoms with Gasteiger partial charge in [0.25, 0.3) is 0 Å². The summed E-state index contributed by atoms with van der Waals surface area (Å²) < 4.78 is 18.4. The summed E-state index contributed by atoms with van der Waals surface area (Å²) in [6.45, 7) is 0.412. The second-order valence-electron chi connectivity index (χ2n) is 6.81. The Morgan fingerprint density at radius 1 is 1.19 bits per heavy atom. The minimum Gasteiger partial charge on any atom is -0.468 e. The Labute approximate surface area is 156 Å². The zero-order valence-electron chi connectivity index (χ0n) is 14.8. The molecule has 1 atom stereocenters. The highest BCUT2D eigenvalue weighted by atomic mass is 16.7. The van der Waals surface area contributed by atoms with Crippen LogP contribution in [0.5, 0.6) is 0 Å². The van der Waals surface area contributed by atoms with Crippen LogP contribution in [0.1, 0.15) is 12.0 Å². The van der Waals surface area contributed by atoms with Gasteiger partial charge < -0.3 is 18.8 Å². The second kappa shape index (κ2) is 5.87. The van der Waals surface area contributed by atoms with Crippen LogP contribution < -0.4 is 0 Å². The molecule has 6 nitrogen and oxygen atoms in total. The second-order valence-corrected chi connectivity index (χ2v) is 6.81. The van der Waals surface area contributed by atoms with Gasteiger partial charge in [0.2, 0.25) is 6.29 Å². The SMILES string of the molecule is COC(=O)C1(CC2OC=CO2)Cn2c(nc3ccccc32)-c2ccccc21. The van der Waals surface area contributed by atoms with Gasteiger partial charge in [-0.25, -0.2) is 4.98 Å². The van der Waals surface area contributed by atoms with Crippen molar-refractivity contribution in [2.24, 2.45) is 0 Å². The average molecular weight is 362 g/mol. The molecule has 3 aromatic rings. The summed E-state index contributed by atoms with van der Waals surface area (Å²) in [5, 5.41) is 0. The van der Waals surface area contributed by atoms with Crippen LogP contribution in [-0.4, -0.2) is 28.9 Å². The van der Waals surface area contributed by atoms with E-state index in [9.17, 15) is 4.79 Å². The normalized spacial score (nSPS) is 20.6. The van der Waals surface area contributed by atoms with Crippen molar-refractivity contribution in [3.63, 3.8) is 0 Å². The number of nitrogens with zero attached hydrogens (tertiary/aromatic N) is 2. The first-order chi connectivity index (χ1) is 13.2. The number of esters is 1. The van der Waals surface area contributed by atoms with Crippen molar-refractivity contribution < 1.29 is 19.0 Å². The summed E-state index contributed by atoms with van der Waals surface area (Å²) in [6, 6.07) is 15.8. The maximum atomic E-state index is 13.1. The van der Waals surface area contributed by atoms with E-state index in [4.69, 9.17) is 19.2 Å². The number of aromatic nitrogens is 2. The van der Waals surface area contributed by atoms with Crippen molar-refractivity contribution in [3.8, 4) is 11.4 Å². The fourth-order valence-corrected chi connectivity index (χ4v) is 4.17. The first-order valence-electron chi connectivity index (χ1n) is 8.82.